The standard InChI is InChI=1S/C23H36FN5O.HI/c1-4-25-23(26-14-16-8-11-21(24)18(12-16)15-29(2)3)28-20-7-5-6-17(13-20)22(30)27-19-9-10-19;/h8,11-12,17,19-20H,4-7,9-10,13-15H2,1-3H3,(H,27,30)(H2,25,26,28);1H. The number of benzene rings is 1. The smallest absolute Gasteiger partial charge is 0.223 e. The van der Waals surface area contributed by atoms with E-state index in [0.717, 1.165) is 56.6 Å². The van der Waals surface area contributed by atoms with Crippen LogP contribution in [0.25, 0.3) is 0 Å². The second-order valence-corrected chi connectivity index (χ2v) is 8.85. The molecule has 31 heavy (non-hydrogen) atoms. The van der Waals surface area contributed by atoms with E-state index in [2.05, 4.69) is 16.0 Å². The molecule has 3 rings (SSSR count). The zero-order valence-electron chi connectivity index (χ0n) is 18.9. The summed E-state index contributed by atoms with van der Waals surface area (Å²) in [7, 11) is 3.86. The molecule has 0 radical (unpaired) electrons. The summed E-state index contributed by atoms with van der Waals surface area (Å²) >= 11 is 0. The maximum absolute atomic E-state index is 14.0. The molecule has 2 aliphatic carbocycles. The summed E-state index contributed by atoms with van der Waals surface area (Å²) in [5.74, 6) is 0.875. The van der Waals surface area contributed by atoms with Crippen LogP contribution in [0.5, 0.6) is 0 Å². The van der Waals surface area contributed by atoms with E-state index >= 15 is 0 Å². The molecule has 1 aromatic carbocycles. The highest BCUT2D eigenvalue weighted by atomic mass is 127. The molecule has 6 nitrogen and oxygen atoms in total. The van der Waals surface area contributed by atoms with Gasteiger partial charge in [0.15, 0.2) is 5.96 Å². The van der Waals surface area contributed by atoms with Crippen LogP contribution in [0.4, 0.5) is 4.39 Å². The van der Waals surface area contributed by atoms with E-state index in [1.165, 1.54) is 6.07 Å². The first kappa shape index (κ1) is 25.8. The first-order valence-electron chi connectivity index (χ1n) is 11.2. The predicted octanol–water partition coefficient (Wildman–Crippen LogP) is 3.40. The van der Waals surface area contributed by atoms with Crippen molar-refractivity contribution in [2.75, 3.05) is 20.6 Å². The van der Waals surface area contributed by atoms with Gasteiger partial charge in [-0.1, -0.05) is 12.5 Å². The molecule has 2 saturated carbocycles. The Hall–Kier alpha value is -1.42. The number of guanidine groups is 1. The minimum atomic E-state index is -0.181. The van der Waals surface area contributed by atoms with E-state index in [1.807, 2.05) is 32.0 Å². The third kappa shape index (κ3) is 8.56. The number of rotatable bonds is 8. The van der Waals surface area contributed by atoms with Crippen LogP contribution in [-0.4, -0.2) is 49.5 Å². The Morgan fingerprint density at radius 2 is 1.94 bits per heavy atom. The molecule has 2 aliphatic rings. The lowest BCUT2D eigenvalue weighted by atomic mass is 9.85. The number of hydrogen-bond donors (Lipinski definition) is 3. The second kappa shape index (κ2) is 12.6. The Kier molecular flexibility index (Phi) is 10.5. The first-order valence-corrected chi connectivity index (χ1v) is 11.2. The lowest BCUT2D eigenvalue weighted by Gasteiger charge is -2.30. The fourth-order valence-electron chi connectivity index (χ4n) is 3.98. The molecular weight excluding hydrogens is 508 g/mol. The number of carbonyl (C=O) groups is 1. The van der Waals surface area contributed by atoms with Gasteiger partial charge in [-0.25, -0.2) is 9.38 Å². The summed E-state index contributed by atoms with van der Waals surface area (Å²) in [6.07, 6.45) is 6.14. The molecule has 2 fully saturated rings. The number of nitrogens with one attached hydrogen (secondary N) is 3. The van der Waals surface area contributed by atoms with Crippen LogP contribution in [-0.2, 0) is 17.9 Å². The molecular formula is C23H37FIN5O. The van der Waals surface area contributed by atoms with Crippen LogP contribution in [0.1, 0.15) is 56.6 Å². The highest BCUT2D eigenvalue weighted by Gasteiger charge is 2.31. The second-order valence-electron chi connectivity index (χ2n) is 8.85. The molecule has 0 heterocycles. The lowest BCUT2D eigenvalue weighted by molar-refractivity contribution is -0.126. The summed E-state index contributed by atoms with van der Waals surface area (Å²) in [6.45, 7) is 3.85. The van der Waals surface area contributed by atoms with Gasteiger partial charge in [-0.15, -0.1) is 24.0 Å². The first-order chi connectivity index (χ1) is 14.4. The van der Waals surface area contributed by atoms with Crippen LogP contribution >= 0.6 is 24.0 Å². The van der Waals surface area contributed by atoms with Gasteiger partial charge in [0.25, 0.3) is 0 Å². The van der Waals surface area contributed by atoms with Crippen molar-refractivity contribution in [3.05, 3.63) is 35.1 Å². The van der Waals surface area contributed by atoms with Crippen LogP contribution in [0, 0.1) is 11.7 Å². The van der Waals surface area contributed by atoms with Crippen molar-refractivity contribution in [1.29, 1.82) is 0 Å². The van der Waals surface area contributed by atoms with Crippen molar-refractivity contribution in [2.45, 2.75) is 70.6 Å². The van der Waals surface area contributed by atoms with Gasteiger partial charge in [0.1, 0.15) is 5.82 Å². The largest absolute Gasteiger partial charge is 0.357 e. The van der Waals surface area contributed by atoms with E-state index in [-0.39, 0.29) is 47.7 Å². The number of amides is 1. The number of aliphatic imine (C=N–C) groups is 1. The van der Waals surface area contributed by atoms with E-state index in [9.17, 15) is 9.18 Å². The molecule has 8 heteroatoms. The van der Waals surface area contributed by atoms with Crippen LogP contribution in [0.2, 0.25) is 0 Å². The Balaban J connectivity index is 0.00000341. The lowest BCUT2D eigenvalue weighted by Crippen LogP contribution is -2.47. The summed E-state index contributed by atoms with van der Waals surface area (Å²) in [5.41, 5.74) is 1.67. The molecule has 1 aromatic rings. The average molecular weight is 545 g/mol. The zero-order valence-corrected chi connectivity index (χ0v) is 21.2. The number of halogens is 2. The molecule has 0 bridgehead atoms. The third-order valence-corrected chi connectivity index (χ3v) is 5.67. The van der Waals surface area contributed by atoms with Gasteiger partial charge in [-0.2, -0.15) is 0 Å². The van der Waals surface area contributed by atoms with E-state index < -0.39 is 0 Å². The van der Waals surface area contributed by atoms with Crippen LogP contribution in [0.15, 0.2) is 23.2 Å². The summed E-state index contributed by atoms with van der Waals surface area (Å²) in [6, 6.07) is 5.86. The van der Waals surface area contributed by atoms with Crippen LogP contribution in [0.3, 0.4) is 0 Å². The van der Waals surface area contributed by atoms with Gasteiger partial charge in [-0.05, 0) is 70.8 Å². The van der Waals surface area contributed by atoms with Gasteiger partial charge in [-0.3, -0.25) is 4.79 Å². The number of nitrogens with zero attached hydrogens (tertiary/aromatic N) is 2. The topological polar surface area (TPSA) is 68.8 Å². The molecule has 1 amide bonds. The molecule has 2 atom stereocenters. The number of carbonyl (C=O) groups excluding carboxylic acids is 1. The molecule has 3 N–H and O–H groups in total. The van der Waals surface area contributed by atoms with Crippen molar-refractivity contribution in [2.24, 2.45) is 10.9 Å². The molecule has 0 spiro atoms. The summed E-state index contributed by atoms with van der Waals surface area (Å²) in [4.78, 5) is 19.1. The quantitative estimate of drug-likeness (QED) is 0.266. The van der Waals surface area contributed by atoms with Gasteiger partial charge in [0, 0.05) is 36.7 Å². The SMILES string of the molecule is CCNC(=NCc1ccc(F)c(CN(C)C)c1)NC1CCCC(C(=O)NC2CC2)C1.I. The van der Waals surface area contributed by atoms with Crippen molar-refractivity contribution in [1.82, 2.24) is 20.9 Å². The maximum atomic E-state index is 14.0. The van der Waals surface area contributed by atoms with Gasteiger partial charge in [0.05, 0.1) is 6.54 Å². The summed E-state index contributed by atoms with van der Waals surface area (Å²) < 4.78 is 14.0. The monoisotopic (exact) mass is 545 g/mol. The molecule has 0 aliphatic heterocycles. The molecule has 0 saturated heterocycles. The normalized spacial score (nSPS) is 21.4. The van der Waals surface area contributed by atoms with Gasteiger partial charge in [0.2, 0.25) is 5.91 Å². The van der Waals surface area contributed by atoms with E-state index in [0.29, 0.717) is 24.7 Å². The minimum Gasteiger partial charge on any atom is -0.357 e. The number of hydrogen-bond acceptors (Lipinski definition) is 3. The Bertz CT molecular complexity index is 753. The molecule has 174 valence electrons. The van der Waals surface area contributed by atoms with E-state index in [4.69, 9.17) is 4.99 Å². The molecule has 2 unspecified atom stereocenters. The predicted molar refractivity (Wildman–Crippen MR) is 134 cm³/mol. The van der Waals surface area contributed by atoms with Gasteiger partial charge < -0.3 is 20.9 Å². The minimum absolute atomic E-state index is 0. The Morgan fingerprint density at radius 3 is 2.61 bits per heavy atom. The fourth-order valence-corrected chi connectivity index (χ4v) is 3.98. The van der Waals surface area contributed by atoms with E-state index in [1.54, 1.807) is 6.07 Å². The van der Waals surface area contributed by atoms with Crippen LogP contribution < -0.4 is 16.0 Å². The van der Waals surface area contributed by atoms with Crippen molar-refractivity contribution >= 4 is 35.8 Å². The summed E-state index contributed by atoms with van der Waals surface area (Å²) in [5, 5.41) is 9.96. The molecule has 0 aromatic heterocycles. The fraction of sp³-hybridized carbons (Fsp3) is 0.652. The third-order valence-electron chi connectivity index (χ3n) is 5.67. The zero-order chi connectivity index (χ0) is 21.5. The Labute approximate surface area is 202 Å². The van der Waals surface area contributed by atoms with Crippen molar-refractivity contribution in [3.8, 4) is 0 Å². The average Bonchev–Trinajstić information content (AvgIpc) is 3.52. The highest BCUT2D eigenvalue weighted by Crippen LogP contribution is 2.26. The van der Waals surface area contributed by atoms with Gasteiger partial charge >= 0.3 is 0 Å². The Morgan fingerprint density at radius 1 is 1.16 bits per heavy atom. The highest BCUT2D eigenvalue weighted by molar-refractivity contribution is 14.0. The van der Waals surface area contributed by atoms with Crippen molar-refractivity contribution in [3.63, 3.8) is 0 Å². The van der Waals surface area contributed by atoms with Crippen molar-refractivity contribution < 1.29 is 9.18 Å². The maximum Gasteiger partial charge on any atom is 0.223 e.